The molecule has 0 aliphatic carbocycles. The minimum Gasteiger partial charge on any atom is -0.339 e. The maximum atomic E-state index is 13.1. The second-order valence-corrected chi connectivity index (χ2v) is 8.27. The van der Waals surface area contributed by atoms with Gasteiger partial charge in [0.05, 0.1) is 5.69 Å². The molecule has 0 bridgehead atoms. The number of hydrogen-bond donors (Lipinski definition) is 1. The van der Waals surface area contributed by atoms with Gasteiger partial charge in [-0.15, -0.1) is 11.3 Å². The maximum absolute atomic E-state index is 13.1. The van der Waals surface area contributed by atoms with Crippen LogP contribution in [0, 0.1) is 18.7 Å². The summed E-state index contributed by atoms with van der Waals surface area (Å²) in [6, 6.07) is 13.7. The van der Waals surface area contributed by atoms with Crippen molar-refractivity contribution >= 4 is 28.3 Å². The Morgan fingerprint density at radius 3 is 2.50 bits per heavy atom. The van der Waals surface area contributed by atoms with Crippen molar-refractivity contribution in [1.29, 1.82) is 0 Å². The fourth-order valence-corrected chi connectivity index (χ4v) is 4.34. The number of likely N-dealkylation sites (tertiary alicyclic amines) is 1. The first-order valence-corrected chi connectivity index (χ1v) is 10.8. The van der Waals surface area contributed by atoms with Gasteiger partial charge in [-0.1, -0.05) is 18.2 Å². The van der Waals surface area contributed by atoms with Crippen molar-refractivity contribution in [2.75, 3.05) is 18.4 Å². The Hall–Kier alpha value is -3.06. The molecule has 2 heterocycles. The number of nitrogens with zero attached hydrogens (tertiary/aromatic N) is 2. The van der Waals surface area contributed by atoms with Crippen molar-refractivity contribution in [2.45, 2.75) is 19.8 Å². The van der Waals surface area contributed by atoms with Gasteiger partial charge >= 0.3 is 0 Å². The summed E-state index contributed by atoms with van der Waals surface area (Å²) in [6.07, 6.45) is 1.25. The SMILES string of the molecule is Cc1ccccc1C(=O)N1CCC(C(=O)Nc2nc(-c3ccc(F)cc3)cs2)CC1. The van der Waals surface area contributed by atoms with E-state index in [4.69, 9.17) is 0 Å². The Labute approximate surface area is 178 Å². The molecule has 4 rings (SSSR count). The molecular weight excluding hydrogens is 401 g/mol. The van der Waals surface area contributed by atoms with E-state index in [-0.39, 0.29) is 23.5 Å². The molecule has 7 heteroatoms. The van der Waals surface area contributed by atoms with Crippen molar-refractivity contribution < 1.29 is 14.0 Å². The van der Waals surface area contributed by atoms with E-state index in [1.54, 1.807) is 12.1 Å². The number of aryl methyl sites for hydroxylation is 1. The molecule has 2 amide bonds. The molecule has 0 atom stereocenters. The third-order valence-corrected chi connectivity index (χ3v) is 6.16. The lowest BCUT2D eigenvalue weighted by Crippen LogP contribution is -2.41. The van der Waals surface area contributed by atoms with Gasteiger partial charge in [0.15, 0.2) is 5.13 Å². The van der Waals surface area contributed by atoms with Gasteiger partial charge in [0, 0.05) is 35.5 Å². The fraction of sp³-hybridized carbons (Fsp3) is 0.261. The van der Waals surface area contributed by atoms with Crippen LogP contribution >= 0.6 is 11.3 Å². The second kappa shape index (κ2) is 8.75. The van der Waals surface area contributed by atoms with Crippen molar-refractivity contribution in [1.82, 2.24) is 9.88 Å². The van der Waals surface area contributed by atoms with Gasteiger partial charge in [-0.25, -0.2) is 9.37 Å². The van der Waals surface area contributed by atoms with Crippen LogP contribution < -0.4 is 5.32 Å². The minimum atomic E-state index is -0.297. The van der Waals surface area contributed by atoms with Gasteiger partial charge < -0.3 is 10.2 Å². The number of nitrogens with one attached hydrogen (secondary N) is 1. The lowest BCUT2D eigenvalue weighted by atomic mass is 9.95. The number of aromatic nitrogens is 1. The zero-order chi connectivity index (χ0) is 21.1. The number of anilines is 1. The van der Waals surface area contributed by atoms with Gasteiger partial charge in [0.25, 0.3) is 5.91 Å². The zero-order valence-electron chi connectivity index (χ0n) is 16.6. The van der Waals surface area contributed by atoms with Crippen molar-refractivity contribution in [3.63, 3.8) is 0 Å². The maximum Gasteiger partial charge on any atom is 0.254 e. The van der Waals surface area contributed by atoms with Crippen LogP contribution in [0.15, 0.2) is 53.9 Å². The molecule has 154 valence electrons. The van der Waals surface area contributed by atoms with Crippen LogP contribution in [-0.4, -0.2) is 34.8 Å². The van der Waals surface area contributed by atoms with Crippen LogP contribution in [0.2, 0.25) is 0 Å². The standard InChI is InChI=1S/C23H22FN3O2S/c1-15-4-2-3-5-19(15)22(29)27-12-10-17(11-13-27)21(28)26-23-25-20(14-30-23)16-6-8-18(24)9-7-16/h2-9,14,17H,10-13H2,1H3,(H,25,26,28). The number of piperidine rings is 1. The van der Waals surface area contributed by atoms with E-state index in [1.165, 1.54) is 23.5 Å². The first-order chi connectivity index (χ1) is 14.5. The smallest absolute Gasteiger partial charge is 0.254 e. The predicted octanol–water partition coefficient (Wildman–Crippen LogP) is 4.75. The van der Waals surface area contributed by atoms with Crippen LogP contribution in [0.1, 0.15) is 28.8 Å². The summed E-state index contributed by atoms with van der Waals surface area (Å²) in [6.45, 7) is 3.05. The Kier molecular flexibility index (Phi) is 5.90. The van der Waals surface area contributed by atoms with Gasteiger partial charge in [-0.3, -0.25) is 9.59 Å². The van der Waals surface area contributed by atoms with Gasteiger partial charge in [-0.05, 0) is 55.7 Å². The molecule has 0 radical (unpaired) electrons. The number of halogens is 1. The number of carbonyl (C=O) groups is 2. The summed E-state index contributed by atoms with van der Waals surface area (Å²) in [5, 5.41) is 5.25. The number of rotatable bonds is 4. The molecule has 1 N–H and O–H groups in total. The van der Waals surface area contributed by atoms with E-state index in [2.05, 4.69) is 10.3 Å². The molecule has 2 aromatic carbocycles. The lowest BCUT2D eigenvalue weighted by molar-refractivity contribution is -0.121. The lowest BCUT2D eigenvalue weighted by Gasteiger charge is -2.31. The molecule has 1 saturated heterocycles. The van der Waals surface area contributed by atoms with Crippen LogP contribution in [0.5, 0.6) is 0 Å². The van der Waals surface area contributed by atoms with E-state index in [9.17, 15) is 14.0 Å². The third-order valence-electron chi connectivity index (χ3n) is 5.40. The van der Waals surface area contributed by atoms with E-state index in [0.29, 0.717) is 36.8 Å². The molecule has 1 fully saturated rings. The molecule has 3 aromatic rings. The normalized spacial score (nSPS) is 14.5. The van der Waals surface area contributed by atoms with Gasteiger partial charge in [0.2, 0.25) is 5.91 Å². The minimum absolute atomic E-state index is 0.0239. The topological polar surface area (TPSA) is 62.3 Å². The highest BCUT2D eigenvalue weighted by Crippen LogP contribution is 2.27. The number of amides is 2. The molecular formula is C23H22FN3O2S. The summed E-state index contributed by atoms with van der Waals surface area (Å²) in [4.78, 5) is 31.7. The van der Waals surface area contributed by atoms with Crippen LogP contribution in [0.4, 0.5) is 9.52 Å². The summed E-state index contributed by atoms with van der Waals surface area (Å²) < 4.78 is 13.1. The molecule has 0 saturated carbocycles. The fourth-order valence-electron chi connectivity index (χ4n) is 3.62. The van der Waals surface area contributed by atoms with Crippen LogP contribution in [-0.2, 0) is 4.79 Å². The first-order valence-electron chi connectivity index (χ1n) is 9.88. The predicted molar refractivity (Wildman–Crippen MR) is 116 cm³/mol. The third kappa shape index (κ3) is 4.41. The average molecular weight is 424 g/mol. The highest BCUT2D eigenvalue weighted by molar-refractivity contribution is 7.14. The average Bonchev–Trinajstić information content (AvgIpc) is 3.22. The molecule has 1 aliphatic heterocycles. The first kappa shape index (κ1) is 20.2. The van der Waals surface area contributed by atoms with E-state index in [1.807, 2.05) is 41.5 Å². The molecule has 1 aromatic heterocycles. The summed E-state index contributed by atoms with van der Waals surface area (Å²) in [7, 11) is 0. The van der Waals surface area contributed by atoms with E-state index in [0.717, 1.165) is 16.7 Å². The summed E-state index contributed by atoms with van der Waals surface area (Å²) in [5.41, 5.74) is 3.18. The molecule has 0 spiro atoms. The number of thiazole rings is 1. The number of carbonyl (C=O) groups excluding carboxylic acids is 2. The molecule has 0 unspecified atom stereocenters. The number of hydrogen-bond acceptors (Lipinski definition) is 4. The molecule has 5 nitrogen and oxygen atoms in total. The van der Waals surface area contributed by atoms with Gasteiger partial charge in [0.1, 0.15) is 5.82 Å². The Morgan fingerprint density at radius 2 is 1.80 bits per heavy atom. The van der Waals surface area contributed by atoms with Crippen LogP contribution in [0.3, 0.4) is 0 Å². The highest BCUT2D eigenvalue weighted by atomic mass is 32.1. The summed E-state index contributed by atoms with van der Waals surface area (Å²) >= 11 is 1.34. The Morgan fingerprint density at radius 1 is 1.10 bits per heavy atom. The Balaban J connectivity index is 1.33. The largest absolute Gasteiger partial charge is 0.339 e. The Bertz CT molecular complexity index is 1060. The van der Waals surface area contributed by atoms with E-state index < -0.39 is 0 Å². The number of benzene rings is 2. The highest BCUT2D eigenvalue weighted by Gasteiger charge is 2.28. The second-order valence-electron chi connectivity index (χ2n) is 7.42. The molecule has 1 aliphatic rings. The van der Waals surface area contributed by atoms with Crippen LogP contribution in [0.25, 0.3) is 11.3 Å². The zero-order valence-corrected chi connectivity index (χ0v) is 17.4. The monoisotopic (exact) mass is 423 g/mol. The van der Waals surface area contributed by atoms with Gasteiger partial charge in [-0.2, -0.15) is 0 Å². The van der Waals surface area contributed by atoms with Crippen molar-refractivity contribution in [3.8, 4) is 11.3 Å². The summed E-state index contributed by atoms with van der Waals surface area (Å²) in [5.74, 6) is -0.493. The molecule has 30 heavy (non-hydrogen) atoms. The quantitative estimate of drug-likeness (QED) is 0.659. The van der Waals surface area contributed by atoms with Crippen molar-refractivity contribution in [3.05, 3.63) is 70.9 Å². The van der Waals surface area contributed by atoms with Crippen molar-refractivity contribution in [2.24, 2.45) is 5.92 Å². The van der Waals surface area contributed by atoms with E-state index >= 15 is 0 Å².